The van der Waals surface area contributed by atoms with Gasteiger partial charge < -0.3 is 9.67 Å². The van der Waals surface area contributed by atoms with E-state index in [1.165, 1.54) is 18.5 Å². The standard InChI is InChI=1S/C14H24N4O/c1-2-17-11-15-7-12(17)8-16-9-13(14(19)10-16)18-5-3-4-6-18/h7,11,13-14,19H,2-6,8-10H2,1H3/t13-,14-/m0/s1. The van der Waals surface area contributed by atoms with Gasteiger partial charge in [-0.05, 0) is 32.9 Å². The molecule has 1 aromatic rings. The molecule has 3 rings (SSSR count). The maximum atomic E-state index is 10.3. The normalized spacial score (nSPS) is 29.4. The molecule has 0 aromatic carbocycles. The zero-order valence-electron chi connectivity index (χ0n) is 11.7. The van der Waals surface area contributed by atoms with E-state index in [2.05, 4.69) is 26.3 Å². The molecule has 3 heterocycles. The van der Waals surface area contributed by atoms with E-state index in [-0.39, 0.29) is 6.10 Å². The minimum atomic E-state index is -0.198. The zero-order valence-corrected chi connectivity index (χ0v) is 11.7. The van der Waals surface area contributed by atoms with Crippen LogP contribution in [0.4, 0.5) is 0 Å². The van der Waals surface area contributed by atoms with Crippen molar-refractivity contribution >= 4 is 0 Å². The molecule has 2 fully saturated rings. The minimum absolute atomic E-state index is 0.198. The number of likely N-dealkylation sites (tertiary alicyclic amines) is 2. The Bertz CT molecular complexity index is 413. The summed E-state index contributed by atoms with van der Waals surface area (Å²) in [5, 5.41) is 10.3. The first-order valence-electron chi connectivity index (χ1n) is 7.41. The first-order chi connectivity index (χ1) is 9.28. The Kier molecular flexibility index (Phi) is 3.86. The first-order valence-corrected chi connectivity index (χ1v) is 7.41. The second-order valence-electron chi connectivity index (χ2n) is 5.74. The Hall–Kier alpha value is -0.910. The van der Waals surface area contributed by atoms with Gasteiger partial charge in [0.25, 0.3) is 0 Å². The fourth-order valence-electron chi connectivity index (χ4n) is 3.40. The average Bonchev–Trinajstić information content (AvgIpc) is 3.10. The Morgan fingerprint density at radius 3 is 2.84 bits per heavy atom. The molecule has 0 unspecified atom stereocenters. The summed E-state index contributed by atoms with van der Waals surface area (Å²) in [6.45, 7) is 8.07. The quantitative estimate of drug-likeness (QED) is 0.862. The van der Waals surface area contributed by atoms with E-state index in [0.29, 0.717) is 6.04 Å². The van der Waals surface area contributed by atoms with Crippen molar-refractivity contribution in [2.24, 2.45) is 0 Å². The summed E-state index contributed by atoms with van der Waals surface area (Å²) < 4.78 is 2.18. The van der Waals surface area contributed by atoms with Crippen LogP contribution in [0.2, 0.25) is 0 Å². The van der Waals surface area contributed by atoms with E-state index < -0.39 is 0 Å². The number of aromatic nitrogens is 2. The Morgan fingerprint density at radius 2 is 2.11 bits per heavy atom. The van der Waals surface area contributed by atoms with Crippen LogP contribution in [-0.2, 0) is 13.1 Å². The molecule has 1 N–H and O–H groups in total. The van der Waals surface area contributed by atoms with Gasteiger partial charge in [0.15, 0.2) is 0 Å². The van der Waals surface area contributed by atoms with Gasteiger partial charge in [-0.2, -0.15) is 0 Å². The van der Waals surface area contributed by atoms with Crippen molar-refractivity contribution in [1.29, 1.82) is 0 Å². The maximum Gasteiger partial charge on any atom is 0.0948 e. The van der Waals surface area contributed by atoms with E-state index in [1.54, 1.807) is 0 Å². The molecule has 2 atom stereocenters. The summed E-state index contributed by atoms with van der Waals surface area (Å²) in [6.07, 6.45) is 6.20. The number of nitrogens with zero attached hydrogens (tertiary/aromatic N) is 4. The topological polar surface area (TPSA) is 44.5 Å². The van der Waals surface area contributed by atoms with Crippen LogP contribution in [0.1, 0.15) is 25.5 Å². The molecule has 0 spiro atoms. The summed E-state index contributed by atoms with van der Waals surface area (Å²) >= 11 is 0. The monoisotopic (exact) mass is 264 g/mol. The molecular weight excluding hydrogens is 240 g/mol. The molecule has 0 radical (unpaired) electrons. The molecule has 0 amide bonds. The van der Waals surface area contributed by atoms with Gasteiger partial charge >= 0.3 is 0 Å². The van der Waals surface area contributed by atoms with Gasteiger partial charge in [-0.1, -0.05) is 0 Å². The predicted molar refractivity (Wildman–Crippen MR) is 73.8 cm³/mol. The molecule has 2 saturated heterocycles. The second-order valence-corrected chi connectivity index (χ2v) is 5.74. The van der Waals surface area contributed by atoms with Gasteiger partial charge in [-0.3, -0.25) is 9.80 Å². The molecule has 2 aliphatic rings. The number of imidazole rings is 1. The third-order valence-electron chi connectivity index (χ3n) is 4.47. The minimum Gasteiger partial charge on any atom is -0.390 e. The molecule has 0 aliphatic carbocycles. The lowest BCUT2D eigenvalue weighted by Crippen LogP contribution is -2.41. The smallest absolute Gasteiger partial charge is 0.0948 e. The molecule has 0 bridgehead atoms. The SMILES string of the molecule is CCn1cncc1CN1C[C@H](O)[C@@H](N2CCCC2)C1. The molecule has 106 valence electrons. The number of rotatable bonds is 4. The van der Waals surface area contributed by atoms with Gasteiger partial charge in [-0.25, -0.2) is 4.98 Å². The lowest BCUT2D eigenvalue weighted by atomic mass is 10.2. The molecule has 5 nitrogen and oxygen atoms in total. The summed E-state index contributed by atoms with van der Waals surface area (Å²) in [5.74, 6) is 0. The van der Waals surface area contributed by atoms with E-state index in [4.69, 9.17) is 0 Å². The zero-order chi connectivity index (χ0) is 13.2. The average molecular weight is 264 g/mol. The van der Waals surface area contributed by atoms with Crippen molar-refractivity contribution in [3.8, 4) is 0 Å². The van der Waals surface area contributed by atoms with Crippen LogP contribution in [0.3, 0.4) is 0 Å². The second kappa shape index (κ2) is 5.61. The number of hydrogen-bond donors (Lipinski definition) is 1. The largest absolute Gasteiger partial charge is 0.390 e. The molecule has 2 aliphatic heterocycles. The Morgan fingerprint density at radius 1 is 1.32 bits per heavy atom. The van der Waals surface area contributed by atoms with Gasteiger partial charge in [0.2, 0.25) is 0 Å². The van der Waals surface area contributed by atoms with Gasteiger partial charge in [0, 0.05) is 38.4 Å². The van der Waals surface area contributed by atoms with Crippen LogP contribution >= 0.6 is 0 Å². The van der Waals surface area contributed by atoms with Crippen LogP contribution in [-0.4, -0.2) is 62.8 Å². The lowest BCUT2D eigenvalue weighted by molar-refractivity contribution is 0.0978. The van der Waals surface area contributed by atoms with Crippen molar-refractivity contribution < 1.29 is 5.11 Å². The third-order valence-corrected chi connectivity index (χ3v) is 4.47. The summed E-state index contributed by atoms with van der Waals surface area (Å²) in [4.78, 5) is 9.03. The van der Waals surface area contributed by atoms with Gasteiger partial charge in [0.1, 0.15) is 0 Å². The number of aryl methyl sites for hydroxylation is 1. The van der Waals surface area contributed by atoms with Crippen molar-refractivity contribution in [2.45, 2.75) is 45.0 Å². The van der Waals surface area contributed by atoms with E-state index in [1.807, 2.05) is 12.5 Å². The third kappa shape index (κ3) is 2.68. The Balaban J connectivity index is 1.61. The van der Waals surface area contributed by atoms with Crippen molar-refractivity contribution in [2.75, 3.05) is 26.2 Å². The number of hydrogen-bond acceptors (Lipinski definition) is 4. The van der Waals surface area contributed by atoms with E-state index in [9.17, 15) is 5.11 Å². The highest BCUT2D eigenvalue weighted by molar-refractivity contribution is 5.01. The van der Waals surface area contributed by atoms with Crippen molar-refractivity contribution in [1.82, 2.24) is 19.4 Å². The molecule has 19 heavy (non-hydrogen) atoms. The number of aliphatic hydroxyl groups is 1. The molecule has 0 saturated carbocycles. The highest BCUT2D eigenvalue weighted by atomic mass is 16.3. The van der Waals surface area contributed by atoms with E-state index >= 15 is 0 Å². The first kappa shape index (κ1) is 13.1. The highest BCUT2D eigenvalue weighted by Gasteiger charge is 2.36. The Labute approximate surface area is 114 Å². The van der Waals surface area contributed by atoms with Crippen LogP contribution < -0.4 is 0 Å². The van der Waals surface area contributed by atoms with Crippen molar-refractivity contribution in [3.05, 3.63) is 18.2 Å². The fraction of sp³-hybridized carbons (Fsp3) is 0.786. The van der Waals surface area contributed by atoms with Crippen molar-refractivity contribution in [3.63, 3.8) is 0 Å². The summed E-state index contributed by atoms with van der Waals surface area (Å²) in [5.41, 5.74) is 1.25. The molecular formula is C14H24N4O. The predicted octanol–water partition coefficient (Wildman–Crippen LogP) is 0.544. The maximum absolute atomic E-state index is 10.3. The van der Waals surface area contributed by atoms with Gasteiger partial charge in [-0.15, -0.1) is 0 Å². The van der Waals surface area contributed by atoms with Crippen LogP contribution in [0.5, 0.6) is 0 Å². The molecule has 1 aromatic heterocycles. The summed E-state index contributed by atoms with van der Waals surface area (Å²) in [6, 6.07) is 0.334. The van der Waals surface area contributed by atoms with Crippen LogP contribution in [0.15, 0.2) is 12.5 Å². The fourth-order valence-corrected chi connectivity index (χ4v) is 3.40. The number of β-amino-alcohol motifs (C(OH)–C–C–N with tert-alkyl or cyclic N) is 1. The van der Waals surface area contributed by atoms with E-state index in [0.717, 1.165) is 39.3 Å². The van der Waals surface area contributed by atoms with Crippen LogP contribution in [0.25, 0.3) is 0 Å². The van der Waals surface area contributed by atoms with Gasteiger partial charge in [0.05, 0.1) is 18.1 Å². The molecule has 5 heteroatoms. The number of aliphatic hydroxyl groups excluding tert-OH is 1. The highest BCUT2D eigenvalue weighted by Crippen LogP contribution is 2.22. The summed E-state index contributed by atoms with van der Waals surface area (Å²) in [7, 11) is 0. The van der Waals surface area contributed by atoms with Crippen LogP contribution in [0, 0.1) is 0 Å². The lowest BCUT2D eigenvalue weighted by Gasteiger charge is -2.25.